The van der Waals surface area contributed by atoms with Crippen molar-refractivity contribution in [2.45, 2.75) is 32.9 Å². The van der Waals surface area contributed by atoms with E-state index in [1.807, 2.05) is 18.2 Å². The van der Waals surface area contributed by atoms with Gasteiger partial charge in [-0.3, -0.25) is 0 Å². The maximum absolute atomic E-state index is 5.26. The third-order valence-corrected chi connectivity index (χ3v) is 2.94. The standard InChI is InChI=1S/C15H26N2O2/c1-5-6-16-10-12(2)17-11-13-7-14(18-3)9-15(8-13)19-4/h7-9,12,16-17H,5-6,10-11H2,1-4H3. The Labute approximate surface area is 116 Å². The lowest BCUT2D eigenvalue weighted by molar-refractivity contribution is 0.392. The molecule has 0 fully saturated rings. The predicted octanol–water partition coefficient (Wildman–Crippen LogP) is 2.18. The Hall–Kier alpha value is -1.26. The maximum atomic E-state index is 5.26. The molecule has 0 saturated carbocycles. The first-order valence-electron chi connectivity index (χ1n) is 6.85. The van der Waals surface area contributed by atoms with Gasteiger partial charge in [-0.05, 0) is 37.6 Å². The molecule has 1 unspecified atom stereocenters. The summed E-state index contributed by atoms with van der Waals surface area (Å²) in [6.07, 6.45) is 1.17. The molecule has 1 aromatic carbocycles. The Kier molecular flexibility index (Phi) is 7.30. The van der Waals surface area contributed by atoms with Crippen molar-refractivity contribution in [2.75, 3.05) is 27.3 Å². The zero-order chi connectivity index (χ0) is 14.1. The summed E-state index contributed by atoms with van der Waals surface area (Å²) >= 11 is 0. The SMILES string of the molecule is CCCNCC(C)NCc1cc(OC)cc(OC)c1. The van der Waals surface area contributed by atoms with E-state index in [0.717, 1.165) is 31.1 Å². The van der Waals surface area contributed by atoms with Gasteiger partial charge in [0, 0.05) is 25.2 Å². The highest BCUT2D eigenvalue weighted by Gasteiger charge is 2.04. The second kappa shape index (κ2) is 8.77. The van der Waals surface area contributed by atoms with E-state index in [-0.39, 0.29) is 0 Å². The second-order valence-corrected chi connectivity index (χ2v) is 4.71. The van der Waals surface area contributed by atoms with Crippen LogP contribution in [0.25, 0.3) is 0 Å². The van der Waals surface area contributed by atoms with Crippen molar-refractivity contribution >= 4 is 0 Å². The van der Waals surface area contributed by atoms with Crippen LogP contribution in [0, 0.1) is 0 Å². The van der Waals surface area contributed by atoms with Crippen LogP contribution in [-0.4, -0.2) is 33.4 Å². The average Bonchev–Trinajstić information content (AvgIpc) is 2.45. The van der Waals surface area contributed by atoms with Crippen molar-refractivity contribution in [3.63, 3.8) is 0 Å². The van der Waals surface area contributed by atoms with Crippen molar-refractivity contribution < 1.29 is 9.47 Å². The van der Waals surface area contributed by atoms with Gasteiger partial charge in [-0.1, -0.05) is 6.92 Å². The number of hydrogen-bond acceptors (Lipinski definition) is 4. The molecule has 19 heavy (non-hydrogen) atoms. The highest BCUT2D eigenvalue weighted by atomic mass is 16.5. The molecule has 0 aliphatic heterocycles. The molecule has 0 heterocycles. The van der Waals surface area contributed by atoms with Gasteiger partial charge in [0.25, 0.3) is 0 Å². The zero-order valence-corrected chi connectivity index (χ0v) is 12.5. The molecule has 108 valence electrons. The van der Waals surface area contributed by atoms with E-state index in [4.69, 9.17) is 9.47 Å². The van der Waals surface area contributed by atoms with Crippen LogP contribution >= 0.6 is 0 Å². The van der Waals surface area contributed by atoms with Gasteiger partial charge in [-0.2, -0.15) is 0 Å². The summed E-state index contributed by atoms with van der Waals surface area (Å²) in [5.41, 5.74) is 1.17. The average molecular weight is 266 g/mol. The topological polar surface area (TPSA) is 42.5 Å². The van der Waals surface area contributed by atoms with Crippen LogP contribution in [0.4, 0.5) is 0 Å². The minimum atomic E-state index is 0.434. The summed E-state index contributed by atoms with van der Waals surface area (Å²) in [6, 6.07) is 6.38. The summed E-state index contributed by atoms with van der Waals surface area (Å²) in [4.78, 5) is 0. The van der Waals surface area contributed by atoms with E-state index in [9.17, 15) is 0 Å². The summed E-state index contributed by atoms with van der Waals surface area (Å²) in [5, 5.41) is 6.89. The Morgan fingerprint density at radius 3 is 2.26 bits per heavy atom. The Morgan fingerprint density at radius 1 is 1.11 bits per heavy atom. The molecule has 4 heteroatoms. The van der Waals surface area contributed by atoms with Crippen molar-refractivity contribution in [1.82, 2.24) is 10.6 Å². The van der Waals surface area contributed by atoms with Gasteiger partial charge < -0.3 is 20.1 Å². The molecule has 0 aromatic heterocycles. The second-order valence-electron chi connectivity index (χ2n) is 4.71. The summed E-state index contributed by atoms with van der Waals surface area (Å²) < 4.78 is 10.5. The monoisotopic (exact) mass is 266 g/mol. The summed E-state index contributed by atoms with van der Waals surface area (Å²) in [7, 11) is 3.34. The van der Waals surface area contributed by atoms with E-state index in [0.29, 0.717) is 6.04 Å². The van der Waals surface area contributed by atoms with E-state index >= 15 is 0 Å². The Morgan fingerprint density at radius 2 is 1.74 bits per heavy atom. The fourth-order valence-corrected chi connectivity index (χ4v) is 1.83. The molecular weight excluding hydrogens is 240 g/mol. The van der Waals surface area contributed by atoms with Crippen LogP contribution in [0.2, 0.25) is 0 Å². The first kappa shape index (κ1) is 15.8. The minimum absolute atomic E-state index is 0.434. The smallest absolute Gasteiger partial charge is 0.122 e. The van der Waals surface area contributed by atoms with Crippen molar-refractivity contribution in [1.29, 1.82) is 0 Å². The fraction of sp³-hybridized carbons (Fsp3) is 0.600. The van der Waals surface area contributed by atoms with Gasteiger partial charge in [0.15, 0.2) is 0 Å². The number of benzene rings is 1. The van der Waals surface area contributed by atoms with Crippen LogP contribution in [0.5, 0.6) is 11.5 Å². The number of nitrogens with one attached hydrogen (secondary N) is 2. The van der Waals surface area contributed by atoms with Gasteiger partial charge >= 0.3 is 0 Å². The molecule has 0 bridgehead atoms. The molecular formula is C15H26N2O2. The lowest BCUT2D eigenvalue weighted by Gasteiger charge is -2.15. The predicted molar refractivity (Wildman–Crippen MR) is 79.0 cm³/mol. The van der Waals surface area contributed by atoms with Gasteiger partial charge in [-0.15, -0.1) is 0 Å². The van der Waals surface area contributed by atoms with E-state index in [1.54, 1.807) is 14.2 Å². The zero-order valence-electron chi connectivity index (χ0n) is 12.5. The normalized spacial score (nSPS) is 12.2. The van der Waals surface area contributed by atoms with Gasteiger partial charge in [0.1, 0.15) is 11.5 Å². The Bertz CT molecular complexity index is 347. The van der Waals surface area contributed by atoms with E-state index < -0.39 is 0 Å². The highest BCUT2D eigenvalue weighted by molar-refractivity contribution is 5.38. The van der Waals surface area contributed by atoms with Crippen molar-refractivity contribution in [3.8, 4) is 11.5 Å². The number of hydrogen-bond donors (Lipinski definition) is 2. The lowest BCUT2D eigenvalue weighted by atomic mass is 10.2. The largest absolute Gasteiger partial charge is 0.497 e. The molecule has 0 amide bonds. The van der Waals surface area contributed by atoms with E-state index in [1.165, 1.54) is 12.0 Å². The molecule has 4 nitrogen and oxygen atoms in total. The van der Waals surface area contributed by atoms with E-state index in [2.05, 4.69) is 24.5 Å². The van der Waals surface area contributed by atoms with Crippen LogP contribution in [-0.2, 0) is 6.54 Å². The van der Waals surface area contributed by atoms with Crippen molar-refractivity contribution in [2.24, 2.45) is 0 Å². The number of methoxy groups -OCH3 is 2. The molecule has 0 spiro atoms. The van der Waals surface area contributed by atoms with Gasteiger partial charge in [0.2, 0.25) is 0 Å². The lowest BCUT2D eigenvalue weighted by Crippen LogP contribution is -2.36. The molecule has 0 radical (unpaired) electrons. The van der Waals surface area contributed by atoms with Crippen LogP contribution in [0.1, 0.15) is 25.8 Å². The van der Waals surface area contributed by atoms with Crippen LogP contribution in [0.3, 0.4) is 0 Å². The molecule has 2 N–H and O–H groups in total. The third kappa shape index (κ3) is 5.94. The van der Waals surface area contributed by atoms with Gasteiger partial charge in [-0.25, -0.2) is 0 Å². The Balaban J connectivity index is 2.47. The van der Waals surface area contributed by atoms with Gasteiger partial charge in [0.05, 0.1) is 14.2 Å². The minimum Gasteiger partial charge on any atom is -0.497 e. The maximum Gasteiger partial charge on any atom is 0.122 e. The summed E-state index contributed by atoms with van der Waals surface area (Å²) in [6.45, 7) is 7.21. The molecule has 0 aliphatic rings. The van der Waals surface area contributed by atoms with Crippen LogP contribution < -0.4 is 20.1 Å². The first-order valence-corrected chi connectivity index (χ1v) is 6.85. The molecule has 1 atom stereocenters. The van der Waals surface area contributed by atoms with Crippen molar-refractivity contribution in [3.05, 3.63) is 23.8 Å². The number of ether oxygens (including phenoxy) is 2. The molecule has 0 aliphatic carbocycles. The fourth-order valence-electron chi connectivity index (χ4n) is 1.83. The third-order valence-electron chi connectivity index (χ3n) is 2.94. The highest BCUT2D eigenvalue weighted by Crippen LogP contribution is 2.22. The molecule has 0 saturated heterocycles. The quantitative estimate of drug-likeness (QED) is 0.672. The summed E-state index contributed by atoms with van der Waals surface area (Å²) in [5.74, 6) is 1.65. The molecule has 1 rings (SSSR count). The number of rotatable bonds is 9. The first-order chi connectivity index (χ1) is 9.19. The molecule has 1 aromatic rings. The van der Waals surface area contributed by atoms with Crippen LogP contribution in [0.15, 0.2) is 18.2 Å².